The molecular weight excluding hydrogens is 194 g/mol. The lowest BCUT2D eigenvalue weighted by molar-refractivity contribution is -0.159. The van der Waals surface area contributed by atoms with Crippen LogP contribution in [0.5, 0.6) is 0 Å². The van der Waals surface area contributed by atoms with Crippen LogP contribution in [0.1, 0.15) is 27.7 Å². The second-order valence-electron chi connectivity index (χ2n) is 4.63. The van der Waals surface area contributed by atoms with Crippen LogP contribution >= 0.6 is 0 Å². The molecule has 0 saturated heterocycles. The van der Waals surface area contributed by atoms with Crippen LogP contribution in [0.15, 0.2) is 0 Å². The van der Waals surface area contributed by atoms with Crippen molar-refractivity contribution in [3.8, 4) is 0 Å². The van der Waals surface area contributed by atoms with Crippen LogP contribution in [0.3, 0.4) is 0 Å². The van der Waals surface area contributed by atoms with E-state index in [0.717, 1.165) is 6.54 Å². The van der Waals surface area contributed by atoms with Crippen molar-refractivity contribution in [2.75, 3.05) is 26.8 Å². The lowest BCUT2D eigenvalue weighted by atomic mass is 10.1. The minimum absolute atomic E-state index is 0.124. The first-order valence-electron chi connectivity index (χ1n) is 5.29. The maximum Gasteiger partial charge on any atom is 0.310 e. The Balaban J connectivity index is 3.70. The molecule has 0 heterocycles. The Morgan fingerprint density at radius 1 is 1.40 bits per heavy atom. The summed E-state index contributed by atoms with van der Waals surface area (Å²) in [5.74, 6) is -0.284. The van der Waals surface area contributed by atoms with E-state index in [1.54, 1.807) is 7.11 Å². The summed E-state index contributed by atoms with van der Waals surface area (Å²) in [6.07, 6.45) is 0. The number of ether oxygens (including phenoxy) is 2. The van der Waals surface area contributed by atoms with E-state index in [-0.39, 0.29) is 11.9 Å². The lowest BCUT2D eigenvalue weighted by Gasteiger charge is -2.22. The molecule has 90 valence electrons. The first-order chi connectivity index (χ1) is 6.87. The highest BCUT2D eigenvalue weighted by Crippen LogP contribution is 2.10. The second-order valence-corrected chi connectivity index (χ2v) is 4.63. The SMILES string of the molecule is COCCNC[C@H](C)C(=O)OC(C)(C)C. The number of hydrogen-bond acceptors (Lipinski definition) is 4. The molecule has 0 aliphatic rings. The van der Waals surface area contributed by atoms with Crippen LogP contribution < -0.4 is 5.32 Å². The highest BCUT2D eigenvalue weighted by atomic mass is 16.6. The summed E-state index contributed by atoms with van der Waals surface area (Å²) < 4.78 is 10.1. The van der Waals surface area contributed by atoms with Crippen molar-refractivity contribution in [3.05, 3.63) is 0 Å². The van der Waals surface area contributed by atoms with Gasteiger partial charge in [-0.3, -0.25) is 4.79 Å². The summed E-state index contributed by atoms with van der Waals surface area (Å²) >= 11 is 0. The largest absolute Gasteiger partial charge is 0.460 e. The maximum atomic E-state index is 11.5. The van der Waals surface area contributed by atoms with Crippen LogP contribution in [0, 0.1) is 5.92 Å². The molecule has 1 atom stereocenters. The van der Waals surface area contributed by atoms with Gasteiger partial charge in [-0.1, -0.05) is 6.92 Å². The van der Waals surface area contributed by atoms with Crippen molar-refractivity contribution in [1.82, 2.24) is 5.32 Å². The van der Waals surface area contributed by atoms with E-state index in [4.69, 9.17) is 9.47 Å². The van der Waals surface area contributed by atoms with E-state index in [9.17, 15) is 4.79 Å². The third-order valence-corrected chi connectivity index (χ3v) is 1.74. The number of rotatable bonds is 6. The van der Waals surface area contributed by atoms with Gasteiger partial charge in [-0.25, -0.2) is 0 Å². The number of carbonyl (C=O) groups excluding carboxylic acids is 1. The average molecular weight is 217 g/mol. The van der Waals surface area contributed by atoms with E-state index < -0.39 is 5.60 Å². The van der Waals surface area contributed by atoms with Crippen LogP contribution in [0.2, 0.25) is 0 Å². The molecule has 0 aromatic rings. The monoisotopic (exact) mass is 217 g/mol. The molecule has 0 radical (unpaired) electrons. The summed E-state index contributed by atoms with van der Waals surface area (Å²) in [6.45, 7) is 9.50. The number of carbonyl (C=O) groups is 1. The molecule has 0 rings (SSSR count). The number of nitrogens with one attached hydrogen (secondary N) is 1. The molecule has 0 aliphatic carbocycles. The molecule has 1 N–H and O–H groups in total. The van der Waals surface area contributed by atoms with E-state index >= 15 is 0 Å². The third-order valence-electron chi connectivity index (χ3n) is 1.74. The molecule has 4 nitrogen and oxygen atoms in total. The maximum absolute atomic E-state index is 11.5. The average Bonchev–Trinajstić information content (AvgIpc) is 2.09. The van der Waals surface area contributed by atoms with Crippen molar-refractivity contribution in [3.63, 3.8) is 0 Å². The van der Waals surface area contributed by atoms with Gasteiger partial charge in [-0.05, 0) is 20.8 Å². The Morgan fingerprint density at radius 3 is 2.47 bits per heavy atom. The highest BCUT2D eigenvalue weighted by Gasteiger charge is 2.20. The Morgan fingerprint density at radius 2 is 2.00 bits per heavy atom. The summed E-state index contributed by atoms with van der Waals surface area (Å²) in [7, 11) is 1.65. The van der Waals surface area contributed by atoms with Gasteiger partial charge in [0.15, 0.2) is 0 Å². The minimum Gasteiger partial charge on any atom is -0.460 e. The molecule has 0 fully saturated rings. The van der Waals surface area contributed by atoms with Crippen molar-refractivity contribution in [1.29, 1.82) is 0 Å². The molecule has 4 heteroatoms. The molecule has 0 unspecified atom stereocenters. The van der Waals surface area contributed by atoms with Crippen molar-refractivity contribution < 1.29 is 14.3 Å². The predicted molar refractivity (Wildman–Crippen MR) is 59.8 cm³/mol. The smallest absolute Gasteiger partial charge is 0.310 e. The summed E-state index contributed by atoms with van der Waals surface area (Å²) in [5.41, 5.74) is -0.405. The van der Waals surface area contributed by atoms with Gasteiger partial charge in [-0.2, -0.15) is 0 Å². The Bertz CT molecular complexity index is 187. The Kier molecular flexibility index (Phi) is 6.52. The summed E-state index contributed by atoms with van der Waals surface area (Å²) in [6, 6.07) is 0. The zero-order valence-electron chi connectivity index (χ0n) is 10.4. The highest BCUT2D eigenvalue weighted by molar-refractivity contribution is 5.72. The molecule has 15 heavy (non-hydrogen) atoms. The zero-order valence-corrected chi connectivity index (χ0v) is 10.4. The van der Waals surface area contributed by atoms with Gasteiger partial charge in [0.2, 0.25) is 0 Å². The van der Waals surface area contributed by atoms with Gasteiger partial charge < -0.3 is 14.8 Å². The summed E-state index contributed by atoms with van der Waals surface area (Å²) in [5, 5.41) is 3.13. The van der Waals surface area contributed by atoms with Gasteiger partial charge in [0.25, 0.3) is 0 Å². The molecule has 0 aromatic heterocycles. The van der Waals surface area contributed by atoms with Gasteiger partial charge in [0.1, 0.15) is 5.60 Å². The molecule has 0 bridgehead atoms. The van der Waals surface area contributed by atoms with Gasteiger partial charge >= 0.3 is 5.97 Å². The van der Waals surface area contributed by atoms with Crippen LogP contribution in [0.25, 0.3) is 0 Å². The molecule has 0 spiro atoms. The first kappa shape index (κ1) is 14.4. The van der Waals surface area contributed by atoms with Gasteiger partial charge in [0, 0.05) is 20.2 Å². The standard InChI is InChI=1S/C11H23NO3/c1-9(8-12-6-7-14-5)10(13)15-11(2,3)4/h9,12H,6-8H2,1-5H3/t9-/m0/s1. The fourth-order valence-corrected chi connectivity index (χ4v) is 0.979. The number of esters is 1. The second kappa shape index (κ2) is 6.80. The van der Waals surface area contributed by atoms with Gasteiger partial charge in [0.05, 0.1) is 12.5 Å². The Labute approximate surface area is 92.3 Å². The van der Waals surface area contributed by atoms with Crippen LogP contribution in [-0.4, -0.2) is 38.4 Å². The molecule has 0 amide bonds. The van der Waals surface area contributed by atoms with E-state index in [1.165, 1.54) is 0 Å². The number of methoxy groups -OCH3 is 1. The quantitative estimate of drug-likeness (QED) is 0.536. The minimum atomic E-state index is -0.405. The van der Waals surface area contributed by atoms with Crippen molar-refractivity contribution in [2.45, 2.75) is 33.3 Å². The van der Waals surface area contributed by atoms with Crippen molar-refractivity contribution >= 4 is 5.97 Å². The molecule has 0 aliphatic heterocycles. The van der Waals surface area contributed by atoms with Crippen LogP contribution in [-0.2, 0) is 14.3 Å². The van der Waals surface area contributed by atoms with E-state index in [0.29, 0.717) is 13.2 Å². The van der Waals surface area contributed by atoms with E-state index in [1.807, 2.05) is 27.7 Å². The normalized spacial score (nSPS) is 13.7. The Hall–Kier alpha value is -0.610. The number of hydrogen-bond donors (Lipinski definition) is 1. The molecule has 0 saturated carbocycles. The first-order valence-corrected chi connectivity index (χ1v) is 5.29. The molecule has 0 aromatic carbocycles. The third kappa shape index (κ3) is 8.39. The zero-order chi connectivity index (χ0) is 11.9. The van der Waals surface area contributed by atoms with Crippen molar-refractivity contribution in [2.24, 2.45) is 5.92 Å². The topological polar surface area (TPSA) is 47.6 Å². The van der Waals surface area contributed by atoms with Crippen LogP contribution in [0.4, 0.5) is 0 Å². The lowest BCUT2D eigenvalue weighted by Crippen LogP contribution is -2.34. The summed E-state index contributed by atoms with van der Waals surface area (Å²) in [4.78, 5) is 11.5. The van der Waals surface area contributed by atoms with Gasteiger partial charge in [-0.15, -0.1) is 0 Å². The molecular formula is C11H23NO3. The fourth-order valence-electron chi connectivity index (χ4n) is 0.979. The van der Waals surface area contributed by atoms with E-state index in [2.05, 4.69) is 5.32 Å². The predicted octanol–water partition coefficient (Wildman–Crippen LogP) is 1.20. The fraction of sp³-hybridized carbons (Fsp3) is 0.909.